The van der Waals surface area contributed by atoms with E-state index in [-0.39, 0.29) is 27.5 Å². The van der Waals surface area contributed by atoms with Crippen LogP contribution in [0.3, 0.4) is 0 Å². The van der Waals surface area contributed by atoms with Gasteiger partial charge in [0, 0.05) is 30.0 Å². The maximum atomic E-state index is 11.1. The van der Waals surface area contributed by atoms with E-state index in [1.54, 1.807) is 6.07 Å². The number of anilines is 3. The highest BCUT2D eigenvalue weighted by Crippen LogP contribution is 2.35. The van der Waals surface area contributed by atoms with Gasteiger partial charge in [-0.1, -0.05) is 22.9 Å². The Morgan fingerprint density at radius 3 is 2.38 bits per heavy atom. The average Bonchev–Trinajstić information content (AvgIpc) is 3.16. The van der Waals surface area contributed by atoms with Gasteiger partial charge >= 0.3 is 0 Å². The van der Waals surface area contributed by atoms with Gasteiger partial charge in [0.25, 0.3) is 11.4 Å². The zero-order valence-electron chi connectivity index (χ0n) is 15.7. The Morgan fingerprint density at radius 2 is 1.72 bits per heavy atom. The number of benzene rings is 2. The van der Waals surface area contributed by atoms with Gasteiger partial charge in [-0.3, -0.25) is 25.2 Å². The van der Waals surface area contributed by atoms with Crippen molar-refractivity contribution < 1.29 is 9.85 Å². The minimum atomic E-state index is -0.504. The predicted octanol–water partition coefficient (Wildman–Crippen LogP) is 5.09. The fourth-order valence-electron chi connectivity index (χ4n) is 2.69. The molecule has 2 heterocycles. The van der Waals surface area contributed by atoms with E-state index in [2.05, 4.69) is 20.3 Å². The second-order valence-electron chi connectivity index (χ2n) is 6.18. The lowest BCUT2D eigenvalue weighted by Crippen LogP contribution is -2.31. The van der Waals surface area contributed by atoms with E-state index in [1.807, 2.05) is 0 Å². The van der Waals surface area contributed by atoms with Crippen LogP contribution in [-0.4, -0.2) is 29.9 Å². The summed E-state index contributed by atoms with van der Waals surface area (Å²) in [7, 11) is 0. The molecule has 0 aliphatic rings. The Morgan fingerprint density at radius 1 is 1.03 bits per heavy atom. The summed E-state index contributed by atoms with van der Waals surface area (Å²) in [6.07, 6.45) is 2.79. The van der Waals surface area contributed by atoms with Crippen molar-refractivity contribution in [2.75, 3.05) is 10.2 Å². The third-order valence-electron chi connectivity index (χ3n) is 4.12. The molecule has 0 bridgehead atoms. The molecule has 0 atom stereocenters. The zero-order chi connectivity index (χ0) is 22.8. The number of aromatic nitrogens is 3. The number of thiocarbonyl (C=S) groups is 1. The molecule has 14 heteroatoms. The van der Waals surface area contributed by atoms with Crippen LogP contribution in [0.5, 0.6) is 0 Å². The maximum Gasteiger partial charge on any atom is 0.270 e. The summed E-state index contributed by atoms with van der Waals surface area (Å²) in [5.74, 6) is 0.269. The number of nitro benzene ring substituents is 2. The summed E-state index contributed by atoms with van der Waals surface area (Å²) in [6.45, 7) is 0. The molecule has 0 aliphatic carbocycles. The Balaban J connectivity index is 1.73. The number of nitro groups is 2. The summed E-state index contributed by atoms with van der Waals surface area (Å²) in [6, 6.07) is 10.0. The summed E-state index contributed by atoms with van der Waals surface area (Å²) in [5.41, 5.74) is 0.909. The van der Waals surface area contributed by atoms with E-state index in [1.165, 1.54) is 65.0 Å². The lowest BCUT2D eigenvalue weighted by Gasteiger charge is -2.22. The molecule has 2 aromatic carbocycles. The SMILES string of the molecule is O=[N+]([O-])c1ccc(NC(=S)N(c2cncc(Cl)n2)c2nc3ccc([N+](=O)[O-])cc3s2)cc1. The third-order valence-corrected chi connectivity index (χ3v) is 5.59. The van der Waals surface area contributed by atoms with Gasteiger partial charge in [0.1, 0.15) is 5.15 Å². The molecule has 4 rings (SSSR count). The summed E-state index contributed by atoms with van der Waals surface area (Å²) >= 11 is 12.7. The Hall–Kier alpha value is -3.81. The molecular weight excluding hydrogens is 478 g/mol. The number of rotatable bonds is 5. The van der Waals surface area contributed by atoms with E-state index >= 15 is 0 Å². The lowest BCUT2D eigenvalue weighted by atomic mass is 10.3. The molecule has 0 radical (unpaired) electrons. The summed E-state index contributed by atoms with van der Waals surface area (Å²) in [5, 5.41) is 25.6. The predicted molar refractivity (Wildman–Crippen MR) is 125 cm³/mol. The molecule has 0 unspecified atom stereocenters. The first-order valence-corrected chi connectivity index (χ1v) is 10.3. The van der Waals surface area contributed by atoms with Crippen molar-refractivity contribution in [2.45, 2.75) is 0 Å². The van der Waals surface area contributed by atoms with Crippen molar-refractivity contribution >= 4 is 78.5 Å². The number of non-ortho nitro benzene ring substituents is 2. The number of hydrogen-bond acceptors (Lipinski definition) is 9. The molecule has 1 N–H and O–H groups in total. The van der Waals surface area contributed by atoms with Gasteiger partial charge in [-0.25, -0.2) is 14.9 Å². The number of thiazole rings is 1. The molecule has 0 aliphatic heterocycles. The highest BCUT2D eigenvalue weighted by atomic mass is 35.5. The largest absolute Gasteiger partial charge is 0.332 e. The van der Waals surface area contributed by atoms with E-state index < -0.39 is 9.85 Å². The van der Waals surface area contributed by atoms with Crippen LogP contribution < -0.4 is 10.2 Å². The van der Waals surface area contributed by atoms with Crippen LogP contribution in [0, 0.1) is 20.2 Å². The van der Waals surface area contributed by atoms with Gasteiger partial charge in [-0.2, -0.15) is 0 Å². The number of hydrogen-bond donors (Lipinski definition) is 1. The topological polar surface area (TPSA) is 140 Å². The molecule has 0 saturated heterocycles. The number of fused-ring (bicyclic) bond motifs is 1. The van der Waals surface area contributed by atoms with Crippen LogP contribution >= 0.6 is 35.2 Å². The van der Waals surface area contributed by atoms with Gasteiger partial charge in [0.05, 0.1) is 32.5 Å². The second kappa shape index (κ2) is 8.74. The molecule has 2 aromatic heterocycles. The van der Waals surface area contributed by atoms with E-state index in [0.717, 1.165) is 0 Å². The molecule has 0 fully saturated rings. The van der Waals surface area contributed by atoms with Crippen molar-refractivity contribution in [3.63, 3.8) is 0 Å². The Kier molecular flexibility index (Phi) is 5.85. The fraction of sp³-hybridized carbons (Fsp3) is 0. The van der Waals surface area contributed by atoms with Gasteiger partial charge < -0.3 is 5.32 Å². The summed E-state index contributed by atoms with van der Waals surface area (Å²) in [4.78, 5) is 35.2. The molecule has 0 spiro atoms. The molecule has 32 heavy (non-hydrogen) atoms. The highest BCUT2D eigenvalue weighted by molar-refractivity contribution is 7.80. The highest BCUT2D eigenvalue weighted by Gasteiger charge is 2.22. The quantitative estimate of drug-likeness (QED) is 0.230. The molecule has 4 aromatic rings. The van der Waals surface area contributed by atoms with Crippen molar-refractivity contribution in [2.24, 2.45) is 0 Å². The third kappa shape index (κ3) is 4.44. The van der Waals surface area contributed by atoms with Crippen molar-refractivity contribution in [3.8, 4) is 0 Å². The summed E-state index contributed by atoms with van der Waals surface area (Å²) < 4.78 is 0.576. The molecule has 160 valence electrons. The van der Waals surface area contributed by atoms with E-state index in [0.29, 0.717) is 21.0 Å². The Labute approximate surface area is 193 Å². The minimum Gasteiger partial charge on any atom is -0.332 e. The van der Waals surface area contributed by atoms with Crippen LogP contribution in [0.1, 0.15) is 0 Å². The standard InChI is InChI=1S/C18H10ClN7O4S2/c19-15-8-20-9-16(23-15)24(17(31)21-10-1-3-11(4-2-10)25(27)28)18-22-13-6-5-12(26(29)30)7-14(13)32-18/h1-9H,(H,21,31). The number of halogens is 1. The van der Waals surface area contributed by atoms with Gasteiger partial charge in [0.2, 0.25) is 0 Å². The first-order valence-electron chi connectivity index (χ1n) is 8.70. The van der Waals surface area contributed by atoms with Gasteiger partial charge in [-0.15, -0.1) is 0 Å². The molecular formula is C18H10ClN7O4S2. The van der Waals surface area contributed by atoms with Crippen LogP contribution in [-0.2, 0) is 0 Å². The van der Waals surface area contributed by atoms with E-state index in [9.17, 15) is 20.2 Å². The average molecular weight is 488 g/mol. The van der Waals surface area contributed by atoms with Gasteiger partial charge in [-0.05, 0) is 30.4 Å². The Bertz CT molecular complexity index is 1360. The van der Waals surface area contributed by atoms with Crippen LogP contribution in [0.25, 0.3) is 10.2 Å². The minimum absolute atomic E-state index is 0.0617. The van der Waals surface area contributed by atoms with Crippen LogP contribution in [0.4, 0.5) is 28.0 Å². The fourth-order valence-corrected chi connectivity index (χ4v) is 4.20. The monoisotopic (exact) mass is 487 g/mol. The van der Waals surface area contributed by atoms with Crippen molar-refractivity contribution in [3.05, 3.63) is 80.2 Å². The van der Waals surface area contributed by atoms with Crippen molar-refractivity contribution in [1.82, 2.24) is 15.0 Å². The molecule has 0 amide bonds. The molecule has 0 saturated carbocycles. The van der Waals surface area contributed by atoms with Gasteiger partial charge in [0.15, 0.2) is 16.1 Å². The second-order valence-corrected chi connectivity index (χ2v) is 7.96. The first kappa shape index (κ1) is 21.4. The van der Waals surface area contributed by atoms with Crippen molar-refractivity contribution in [1.29, 1.82) is 0 Å². The van der Waals surface area contributed by atoms with E-state index in [4.69, 9.17) is 23.8 Å². The number of nitrogens with one attached hydrogen (secondary N) is 1. The van der Waals surface area contributed by atoms with Crippen LogP contribution in [0.15, 0.2) is 54.9 Å². The van der Waals surface area contributed by atoms with Crippen LogP contribution in [0.2, 0.25) is 5.15 Å². The zero-order valence-corrected chi connectivity index (χ0v) is 18.1. The maximum absolute atomic E-state index is 11.1. The lowest BCUT2D eigenvalue weighted by molar-refractivity contribution is -0.385. The first-order chi connectivity index (χ1) is 15.3. The molecule has 11 nitrogen and oxygen atoms in total. The normalized spacial score (nSPS) is 10.7. The smallest absolute Gasteiger partial charge is 0.270 e. The number of nitrogens with zero attached hydrogens (tertiary/aromatic N) is 6.